The summed E-state index contributed by atoms with van der Waals surface area (Å²) < 4.78 is 1.25. The van der Waals surface area contributed by atoms with Gasteiger partial charge in [-0.15, -0.1) is 11.3 Å². The Balaban J connectivity index is 2.20. The number of thiophene rings is 1. The van der Waals surface area contributed by atoms with E-state index in [1.807, 2.05) is 6.07 Å². The van der Waals surface area contributed by atoms with Crippen molar-refractivity contribution in [3.63, 3.8) is 0 Å². The van der Waals surface area contributed by atoms with Crippen LogP contribution in [0.2, 0.25) is 0 Å². The number of nitrogens with one attached hydrogen (secondary N) is 1. The average Bonchev–Trinajstić information content (AvgIpc) is 2.80. The molecule has 0 aliphatic heterocycles. The van der Waals surface area contributed by atoms with Crippen molar-refractivity contribution in [3.8, 4) is 0 Å². The van der Waals surface area contributed by atoms with E-state index in [2.05, 4.69) is 63.7 Å². The third-order valence-electron chi connectivity index (χ3n) is 2.47. The lowest BCUT2D eigenvalue weighted by molar-refractivity contribution is 0.553. The van der Waals surface area contributed by atoms with Crippen LogP contribution < -0.4 is 11.3 Å². The van der Waals surface area contributed by atoms with Crippen molar-refractivity contribution in [1.82, 2.24) is 5.43 Å². The van der Waals surface area contributed by atoms with Crippen LogP contribution in [0.15, 0.2) is 41.8 Å². The highest BCUT2D eigenvalue weighted by molar-refractivity contribution is 14.1. The van der Waals surface area contributed by atoms with Crippen molar-refractivity contribution < 1.29 is 0 Å². The van der Waals surface area contributed by atoms with E-state index in [-0.39, 0.29) is 6.04 Å². The van der Waals surface area contributed by atoms with Crippen LogP contribution in [0.4, 0.5) is 0 Å². The molecular weight excluding hydrogens is 331 g/mol. The van der Waals surface area contributed by atoms with E-state index < -0.39 is 0 Å². The number of hydrogen-bond donors (Lipinski definition) is 2. The summed E-state index contributed by atoms with van der Waals surface area (Å²) in [5, 5.41) is 2.10. The molecule has 2 rings (SSSR count). The van der Waals surface area contributed by atoms with Crippen LogP contribution in [0.5, 0.6) is 0 Å². The lowest BCUT2D eigenvalue weighted by Crippen LogP contribution is -2.29. The predicted octanol–water partition coefficient (Wildman–Crippen LogP) is 3.10. The molecule has 1 atom stereocenters. The molecule has 0 spiro atoms. The highest BCUT2D eigenvalue weighted by atomic mass is 127. The molecule has 0 aliphatic carbocycles. The summed E-state index contributed by atoms with van der Waals surface area (Å²) >= 11 is 4.12. The molecule has 84 valence electrons. The van der Waals surface area contributed by atoms with Gasteiger partial charge in [-0.25, -0.2) is 0 Å². The van der Waals surface area contributed by atoms with Gasteiger partial charge < -0.3 is 0 Å². The van der Waals surface area contributed by atoms with Crippen molar-refractivity contribution >= 4 is 33.9 Å². The smallest absolute Gasteiger partial charge is 0.0518 e. The Hall–Kier alpha value is -0.430. The third-order valence-corrected chi connectivity index (χ3v) is 4.35. The number of rotatable bonds is 4. The summed E-state index contributed by atoms with van der Waals surface area (Å²) in [5.41, 5.74) is 4.16. The first-order valence-electron chi connectivity index (χ1n) is 5.04. The minimum Gasteiger partial charge on any atom is -0.271 e. The maximum atomic E-state index is 5.64. The van der Waals surface area contributed by atoms with Gasteiger partial charge in [0.25, 0.3) is 0 Å². The molecule has 0 aliphatic rings. The Kier molecular flexibility index (Phi) is 4.34. The molecule has 2 aromatic rings. The van der Waals surface area contributed by atoms with Crippen molar-refractivity contribution in [3.05, 3.63) is 55.8 Å². The zero-order valence-electron chi connectivity index (χ0n) is 8.69. The standard InChI is InChI=1S/C12H13IN2S/c13-11-6-2-1-5-10(11)12(15-14)8-9-4-3-7-16-9/h1-7,12,15H,8,14H2. The number of benzene rings is 1. The summed E-state index contributed by atoms with van der Waals surface area (Å²) in [6.45, 7) is 0. The average molecular weight is 344 g/mol. The second-order valence-corrected chi connectivity index (χ2v) is 5.72. The van der Waals surface area contributed by atoms with Gasteiger partial charge in [-0.3, -0.25) is 11.3 Å². The second-order valence-electron chi connectivity index (χ2n) is 3.52. The van der Waals surface area contributed by atoms with Gasteiger partial charge >= 0.3 is 0 Å². The monoisotopic (exact) mass is 344 g/mol. The van der Waals surface area contributed by atoms with Crippen LogP contribution >= 0.6 is 33.9 Å². The molecule has 3 N–H and O–H groups in total. The Bertz CT molecular complexity index is 442. The quantitative estimate of drug-likeness (QED) is 0.508. The maximum Gasteiger partial charge on any atom is 0.0518 e. The zero-order valence-corrected chi connectivity index (χ0v) is 11.7. The Morgan fingerprint density at radius 1 is 1.25 bits per heavy atom. The van der Waals surface area contributed by atoms with Crippen molar-refractivity contribution in [2.24, 2.45) is 5.84 Å². The fourth-order valence-electron chi connectivity index (χ4n) is 1.65. The first kappa shape index (κ1) is 12.0. The van der Waals surface area contributed by atoms with Crippen LogP contribution in [0.1, 0.15) is 16.5 Å². The zero-order chi connectivity index (χ0) is 11.4. The van der Waals surface area contributed by atoms with Crippen LogP contribution in [-0.2, 0) is 6.42 Å². The van der Waals surface area contributed by atoms with E-state index in [9.17, 15) is 0 Å². The van der Waals surface area contributed by atoms with E-state index in [0.29, 0.717) is 0 Å². The van der Waals surface area contributed by atoms with Gasteiger partial charge in [-0.2, -0.15) is 0 Å². The fraction of sp³-hybridized carbons (Fsp3) is 0.167. The van der Waals surface area contributed by atoms with Gasteiger partial charge in [0.2, 0.25) is 0 Å². The summed E-state index contributed by atoms with van der Waals surface area (Å²) in [6, 6.07) is 12.7. The molecule has 1 aromatic heterocycles. The van der Waals surface area contributed by atoms with Crippen LogP contribution in [0.25, 0.3) is 0 Å². The number of halogens is 1. The topological polar surface area (TPSA) is 38.0 Å². The van der Waals surface area contributed by atoms with E-state index >= 15 is 0 Å². The van der Waals surface area contributed by atoms with Crippen LogP contribution in [0.3, 0.4) is 0 Å². The molecule has 1 unspecified atom stereocenters. The number of nitrogens with two attached hydrogens (primary N) is 1. The second kappa shape index (κ2) is 5.77. The van der Waals surface area contributed by atoms with Gasteiger partial charge in [0, 0.05) is 14.9 Å². The summed E-state index contributed by atoms with van der Waals surface area (Å²) in [5.74, 6) is 5.64. The van der Waals surface area contributed by atoms with Gasteiger partial charge in [0.1, 0.15) is 0 Å². The molecule has 0 fully saturated rings. The highest BCUT2D eigenvalue weighted by Gasteiger charge is 2.13. The summed E-state index contributed by atoms with van der Waals surface area (Å²) in [6.07, 6.45) is 0.939. The molecule has 0 radical (unpaired) electrons. The largest absolute Gasteiger partial charge is 0.271 e. The Morgan fingerprint density at radius 3 is 2.69 bits per heavy atom. The lowest BCUT2D eigenvalue weighted by atomic mass is 10.0. The fourth-order valence-corrected chi connectivity index (χ4v) is 3.16. The van der Waals surface area contributed by atoms with E-state index in [1.165, 1.54) is 14.0 Å². The Labute approximate surface area is 113 Å². The molecule has 4 heteroatoms. The first-order chi connectivity index (χ1) is 7.81. The Morgan fingerprint density at radius 2 is 2.06 bits per heavy atom. The molecule has 2 nitrogen and oxygen atoms in total. The van der Waals surface area contributed by atoms with Crippen LogP contribution in [-0.4, -0.2) is 0 Å². The van der Waals surface area contributed by atoms with Crippen molar-refractivity contribution in [2.75, 3.05) is 0 Å². The van der Waals surface area contributed by atoms with Crippen molar-refractivity contribution in [2.45, 2.75) is 12.5 Å². The molecular formula is C12H13IN2S. The van der Waals surface area contributed by atoms with Gasteiger partial charge in [0.05, 0.1) is 6.04 Å². The predicted molar refractivity (Wildman–Crippen MR) is 77.2 cm³/mol. The molecule has 1 aromatic carbocycles. The molecule has 0 amide bonds. The SMILES string of the molecule is NNC(Cc1cccs1)c1ccccc1I. The summed E-state index contributed by atoms with van der Waals surface area (Å²) in [7, 11) is 0. The minimum absolute atomic E-state index is 0.187. The first-order valence-corrected chi connectivity index (χ1v) is 7.00. The molecule has 16 heavy (non-hydrogen) atoms. The van der Waals surface area contributed by atoms with E-state index in [0.717, 1.165) is 6.42 Å². The lowest BCUT2D eigenvalue weighted by Gasteiger charge is -2.16. The normalized spacial score (nSPS) is 12.6. The van der Waals surface area contributed by atoms with Gasteiger partial charge in [-0.1, -0.05) is 24.3 Å². The molecule has 0 saturated heterocycles. The third kappa shape index (κ3) is 2.82. The number of hydrazine groups is 1. The van der Waals surface area contributed by atoms with Crippen LogP contribution in [0, 0.1) is 3.57 Å². The maximum absolute atomic E-state index is 5.64. The van der Waals surface area contributed by atoms with Gasteiger partial charge in [0.15, 0.2) is 0 Å². The highest BCUT2D eigenvalue weighted by Crippen LogP contribution is 2.24. The van der Waals surface area contributed by atoms with E-state index in [1.54, 1.807) is 11.3 Å². The minimum atomic E-state index is 0.187. The van der Waals surface area contributed by atoms with Crippen molar-refractivity contribution in [1.29, 1.82) is 0 Å². The van der Waals surface area contributed by atoms with E-state index in [4.69, 9.17) is 5.84 Å². The van der Waals surface area contributed by atoms with Gasteiger partial charge in [-0.05, 0) is 45.7 Å². The molecule has 0 saturated carbocycles. The summed E-state index contributed by atoms with van der Waals surface area (Å²) in [4.78, 5) is 1.35. The number of hydrogen-bond acceptors (Lipinski definition) is 3. The molecule has 1 heterocycles. The molecule has 0 bridgehead atoms.